The van der Waals surface area contributed by atoms with Crippen LogP contribution in [-0.4, -0.2) is 12.6 Å². The SMILES string of the molecule is C1C2CC3CC1CC(C1CC4(CC4)CN1)(C2)C3. The summed E-state index contributed by atoms with van der Waals surface area (Å²) in [7, 11) is 0. The highest BCUT2D eigenvalue weighted by molar-refractivity contribution is 5.12. The first-order valence-corrected chi connectivity index (χ1v) is 7.99. The molecule has 0 amide bonds. The Morgan fingerprint density at radius 2 is 1.35 bits per heavy atom. The molecule has 1 atom stereocenters. The Labute approximate surface area is 105 Å². The van der Waals surface area contributed by atoms with Gasteiger partial charge in [0.15, 0.2) is 0 Å². The van der Waals surface area contributed by atoms with Gasteiger partial charge in [-0.3, -0.25) is 0 Å². The van der Waals surface area contributed by atoms with Gasteiger partial charge in [0.1, 0.15) is 0 Å². The van der Waals surface area contributed by atoms with Crippen LogP contribution in [0.5, 0.6) is 0 Å². The van der Waals surface area contributed by atoms with E-state index >= 15 is 0 Å². The van der Waals surface area contributed by atoms with Gasteiger partial charge in [0, 0.05) is 12.6 Å². The number of rotatable bonds is 1. The van der Waals surface area contributed by atoms with E-state index in [4.69, 9.17) is 0 Å². The molecule has 1 aliphatic heterocycles. The Bertz CT molecular complexity index is 319. The Balaban J connectivity index is 1.46. The molecule has 6 fully saturated rings. The van der Waals surface area contributed by atoms with Crippen molar-refractivity contribution in [3.8, 4) is 0 Å². The third kappa shape index (κ3) is 1.30. The van der Waals surface area contributed by atoms with Crippen molar-refractivity contribution >= 4 is 0 Å². The zero-order chi connectivity index (χ0) is 11.1. The molecule has 0 aromatic heterocycles. The second-order valence-electron chi connectivity index (χ2n) is 8.42. The molecule has 1 unspecified atom stereocenters. The Hall–Kier alpha value is -0.0400. The van der Waals surface area contributed by atoms with E-state index in [0.717, 1.165) is 34.6 Å². The van der Waals surface area contributed by atoms with Crippen molar-refractivity contribution in [3.05, 3.63) is 0 Å². The summed E-state index contributed by atoms with van der Waals surface area (Å²) in [5, 5.41) is 3.97. The quantitative estimate of drug-likeness (QED) is 0.730. The molecule has 6 aliphatic rings. The molecule has 5 saturated carbocycles. The molecule has 1 spiro atoms. The predicted octanol–water partition coefficient (Wildman–Crippen LogP) is 3.34. The molecule has 6 rings (SSSR count). The van der Waals surface area contributed by atoms with Crippen LogP contribution in [0.15, 0.2) is 0 Å². The van der Waals surface area contributed by atoms with Crippen molar-refractivity contribution in [1.82, 2.24) is 5.32 Å². The van der Waals surface area contributed by atoms with Crippen LogP contribution in [0.25, 0.3) is 0 Å². The van der Waals surface area contributed by atoms with Crippen molar-refractivity contribution in [2.24, 2.45) is 28.6 Å². The van der Waals surface area contributed by atoms with Gasteiger partial charge < -0.3 is 5.32 Å². The summed E-state index contributed by atoms with van der Waals surface area (Å²) in [6.07, 6.45) is 14.2. The van der Waals surface area contributed by atoms with E-state index in [1.54, 1.807) is 44.9 Å². The lowest BCUT2D eigenvalue weighted by atomic mass is 9.47. The first-order chi connectivity index (χ1) is 8.25. The first kappa shape index (κ1) is 9.83. The molecule has 1 saturated heterocycles. The zero-order valence-corrected chi connectivity index (χ0v) is 10.9. The molecule has 17 heavy (non-hydrogen) atoms. The molecule has 4 bridgehead atoms. The van der Waals surface area contributed by atoms with Gasteiger partial charge in [-0.15, -0.1) is 0 Å². The van der Waals surface area contributed by atoms with Gasteiger partial charge in [0.05, 0.1) is 0 Å². The van der Waals surface area contributed by atoms with E-state index in [1.807, 2.05) is 0 Å². The fourth-order valence-corrected chi connectivity index (χ4v) is 6.51. The average Bonchev–Trinajstić information content (AvgIpc) is 2.85. The lowest BCUT2D eigenvalue weighted by molar-refractivity contribution is -0.0711. The van der Waals surface area contributed by atoms with Gasteiger partial charge in [0.2, 0.25) is 0 Å². The third-order valence-corrected chi connectivity index (χ3v) is 7.14. The van der Waals surface area contributed by atoms with Crippen LogP contribution in [-0.2, 0) is 0 Å². The Morgan fingerprint density at radius 1 is 0.765 bits per heavy atom. The molecule has 1 N–H and O–H groups in total. The van der Waals surface area contributed by atoms with Crippen molar-refractivity contribution in [2.75, 3.05) is 6.54 Å². The Kier molecular flexibility index (Phi) is 1.69. The van der Waals surface area contributed by atoms with Crippen molar-refractivity contribution in [3.63, 3.8) is 0 Å². The average molecular weight is 231 g/mol. The summed E-state index contributed by atoms with van der Waals surface area (Å²) in [4.78, 5) is 0. The second-order valence-corrected chi connectivity index (χ2v) is 8.42. The minimum Gasteiger partial charge on any atom is -0.313 e. The van der Waals surface area contributed by atoms with Gasteiger partial charge in [-0.1, -0.05) is 0 Å². The summed E-state index contributed by atoms with van der Waals surface area (Å²) < 4.78 is 0. The largest absolute Gasteiger partial charge is 0.313 e. The monoisotopic (exact) mass is 231 g/mol. The molecular formula is C16H25N. The molecular weight excluding hydrogens is 206 g/mol. The van der Waals surface area contributed by atoms with Crippen molar-refractivity contribution in [1.29, 1.82) is 0 Å². The third-order valence-electron chi connectivity index (χ3n) is 7.14. The van der Waals surface area contributed by atoms with Gasteiger partial charge in [-0.25, -0.2) is 0 Å². The summed E-state index contributed by atoms with van der Waals surface area (Å²) >= 11 is 0. The number of hydrogen-bond donors (Lipinski definition) is 1. The lowest BCUT2D eigenvalue weighted by Gasteiger charge is -2.59. The van der Waals surface area contributed by atoms with E-state index in [-0.39, 0.29) is 0 Å². The first-order valence-electron chi connectivity index (χ1n) is 7.99. The maximum Gasteiger partial charge on any atom is 0.0130 e. The standard InChI is InChI=1S/C16H25N/c1-2-15(1)9-14(17-10-15)16-6-11-3-12(7-16)5-13(4-11)8-16/h11-14,17H,1-10H2. The molecule has 5 aliphatic carbocycles. The van der Waals surface area contributed by atoms with Crippen LogP contribution in [0.4, 0.5) is 0 Å². The summed E-state index contributed by atoms with van der Waals surface area (Å²) in [6.45, 7) is 1.36. The normalized spacial score (nSPS) is 57.9. The molecule has 0 aromatic carbocycles. The molecule has 1 heterocycles. The summed E-state index contributed by atoms with van der Waals surface area (Å²) in [5.41, 5.74) is 1.56. The van der Waals surface area contributed by atoms with Crippen LogP contribution in [0, 0.1) is 28.6 Å². The van der Waals surface area contributed by atoms with Crippen molar-refractivity contribution in [2.45, 2.75) is 63.8 Å². The fraction of sp³-hybridized carbons (Fsp3) is 1.00. The lowest BCUT2D eigenvalue weighted by Crippen LogP contribution is -2.54. The number of hydrogen-bond acceptors (Lipinski definition) is 1. The topological polar surface area (TPSA) is 12.0 Å². The van der Waals surface area contributed by atoms with E-state index in [2.05, 4.69) is 5.32 Å². The van der Waals surface area contributed by atoms with Crippen LogP contribution in [0.3, 0.4) is 0 Å². The van der Waals surface area contributed by atoms with Crippen LogP contribution in [0.2, 0.25) is 0 Å². The van der Waals surface area contributed by atoms with E-state index in [1.165, 1.54) is 19.4 Å². The number of nitrogens with one attached hydrogen (secondary N) is 1. The van der Waals surface area contributed by atoms with E-state index in [0.29, 0.717) is 0 Å². The summed E-state index contributed by atoms with van der Waals surface area (Å²) in [6, 6.07) is 0.915. The van der Waals surface area contributed by atoms with Gasteiger partial charge >= 0.3 is 0 Å². The van der Waals surface area contributed by atoms with Crippen LogP contribution in [0.1, 0.15) is 57.8 Å². The zero-order valence-electron chi connectivity index (χ0n) is 10.9. The maximum atomic E-state index is 3.97. The molecule has 0 aromatic rings. The maximum absolute atomic E-state index is 3.97. The smallest absolute Gasteiger partial charge is 0.0130 e. The highest BCUT2D eigenvalue weighted by Gasteiger charge is 2.59. The predicted molar refractivity (Wildman–Crippen MR) is 68.7 cm³/mol. The highest BCUT2D eigenvalue weighted by atomic mass is 15.0. The van der Waals surface area contributed by atoms with Gasteiger partial charge in [-0.2, -0.15) is 0 Å². The summed E-state index contributed by atoms with van der Waals surface area (Å²) in [5.74, 6) is 3.37. The molecule has 94 valence electrons. The molecule has 0 radical (unpaired) electrons. The van der Waals surface area contributed by atoms with Crippen LogP contribution < -0.4 is 5.32 Å². The van der Waals surface area contributed by atoms with Crippen LogP contribution >= 0.6 is 0 Å². The highest BCUT2D eigenvalue weighted by Crippen LogP contribution is 2.64. The molecule has 1 heteroatoms. The van der Waals surface area contributed by atoms with E-state index in [9.17, 15) is 0 Å². The van der Waals surface area contributed by atoms with Gasteiger partial charge in [0.25, 0.3) is 0 Å². The second kappa shape index (κ2) is 2.92. The molecule has 1 nitrogen and oxygen atoms in total. The fourth-order valence-electron chi connectivity index (χ4n) is 6.51. The minimum atomic E-state index is 0.765. The van der Waals surface area contributed by atoms with Crippen molar-refractivity contribution < 1.29 is 0 Å². The minimum absolute atomic E-state index is 0.765. The van der Waals surface area contributed by atoms with E-state index < -0.39 is 0 Å². The van der Waals surface area contributed by atoms with Gasteiger partial charge in [-0.05, 0) is 86.4 Å². The Morgan fingerprint density at radius 3 is 1.82 bits per heavy atom.